The molecule has 0 aliphatic rings. The van der Waals surface area contributed by atoms with Crippen molar-refractivity contribution in [3.05, 3.63) is 98.9 Å². The van der Waals surface area contributed by atoms with Crippen molar-refractivity contribution in [3.8, 4) is 0 Å². The molecule has 0 radical (unpaired) electrons. The van der Waals surface area contributed by atoms with Crippen LogP contribution in [0.1, 0.15) is 44.9 Å². The quantitative estimate of drug-likeness (QED) is 0.567. The Morgan fingerprint density at radius 1 is 0.966 bits per heavy atom. The fourth-order valence-electron chi connectivity index (χ4n) is 2.87. The van der Waals surface area contributed by atoms with E-state index in [1.807, 2.05) is 74.7 Å². The first-order valence-electron chi connectivity index (χ1n) is 9.43. The van der Waals surface area contributed by atoms with Gasteiger partial charge in [0.2, 0.25) is 0 Å². The Balaban J connectivity index is 1.80. The number of thiophene rings is 1. The predicted octanol–water partition coefficient (Wildman–Crippen LogP) is 5.01. The maximum Gasteiger partial charge on any atom is 0.268 e. The number of carbonyl (C=O) groups is 2. The van der Waals surface area contributed by atoms with Gasteiger partial charge in [0.1, 0.15) is 5.70 Å². The number of nitrogens with one attached hydrogen (secondary N) is 2. The van der Waals surface area contributed by atoms with E-state index in [0.29, 0.717) is 5.56 Å². The number of benzene rings is 2. The van der Waals surface area contributed by atoms with Crippen LogP contribution in [0.4, 0.5) is 0 Å². The minimum Gasteiger partial charge on any atom is -0.344 e. The summed E-state index contributed by atoms with van der Waals surface area (Å²) < 4.78 is 0. The summed E-state index contributed by atoms with van der Waals surface area (Å²) in [6.45, 7) is 5.87. The van der Waals surface area contributed by atoms with Crippen molar-refractivity contribution in [2.45, 2.75) is 26.8 Å². The Morgan fingerprint density at radius 3 is 2.38 bits per heavy atom. The zero-order valence-electron chi connectivity index (χ0n) is 16.7. The molecule has 4 nitrogen and oxygen atoms in total. The number of carbonyl (C=O) groups excluding carboxylic acids is 2. The molecule has 0 aliphatic heterocycles. The van der Waals surface area contributed by atoms with Crippen LogP contribution in [0.3, 0.4) is 0 Å². The van der Waals surface area contributed by atoms with Gasteiger partial charge in [-0.1, -0.05) is 53.6 Å². The first-order chi connectivity index (χ1) is 13.9. The van der Waals surface area contributed by atoms with Crippen LogP contribution >= 0.6 is 11.3 Å². The zero-order chi connectivity index (χ0) is 20.8. The average Bonchev–Trinajstić information content (AvgIpc) is 3.21. The lowest BCUT2D eigenvalue weighted by Crippen LogP contribution is -2.36. The largest absolute Gasteiger partial charge is 0.344 e. The fourth-order valence-corrected chi connectivity index (χ4v) is 3.52. The molecule has 3 rings (SSSR count). The van der Waals surface area contributed by atoms with E-state index in [0.717, 1.165) is 21.6 Å². The Bertz CT molecular complexity index is 1020. The summed E-state index contributed by atoms with van der Waals surface area (Å²) in [4.78, 5) is 26.6. The zero-order valence-corrected chi connectivity index (χ0v) is 17.5. The SMILES string of the molecule is Cc1ccc(C(C)NC(=O)/C(=C/c2cccs2)NC(=O)c2cccc(C)c2)cc1. The van der Waals surface area contributed by atoms with Gasteiger partial charge in [-0.15, -0.1) is 11.3 Å². The predicted molar refractivity (Wildman–Crippen MR) is 119 cm³/mol. The van der Waals surface area contributed by atoms with Crippen molar-refractivity contribution < 1.29 is 9.59 Å². The molecule has 29 heavy (non-hydrogen) atoms. The molecule has 2 amide bonds. The van der Waals surface area contributed by atoms with E-state index in [1.165, 1.54) is 11.3 Å². The van der Waals surface area contributed by atoms with Gasteiger partial charge < -0.3 is 10.6 Å². The van der Waals surface area contributed by atoms with Gasteiger partial charge in [-0.3, -0.25) is 9.59 Å². The summed E-state index contributed by atoms with van der Waals surface area (Å²) in [6.07, 6.45) is 1.70. The topological polar surface area (TPSA) is 58.2 Å². The molecule has 0 saturated carbocycles. The second kappa shape index (κ2) is 9.34. The van der Waals surface area contributed by atoms with E-state index in [1.54, 1.807) is 18.2 Å². The molecule has 148 valence electrons. The molecule has 0 bridgehead atoms. The van der Waals surface area contributed by atoms with Crippen LogP contribution in [-0.4, -0.2) is 11.8 Å². The molecule has 1 heterocycles. The molecule has 0 saturated heterocycles. The second-order valence-electron chi connectivity index (χ2n) is 7.00. The summed E-state index contributed by atoms with van der Waals surface area (Å²) in [5.41, 5.74) is 3.89. The van der Waals surface area contributed by atoms with Crippen molar-refractivity contribution in [2.75, 3.05) is 0 Å². The summed E-state index contributed by atoms with van der Waals surface area (Å²) in [5, 5.41) is 7.69. The molecule has 2 N–H and O–H groups in total. The molecular weight excluding hydrogens is 380 g/mol. The van der Waals surface area contributed by atoms with Crippen molar-refractivity contribution in [1.82, 2.24) is 10.6 Å². The highest BCUT2D eigenvalue weighted by Crippen LogP contribution is 2.16. The summed E-state index contributed by atoms with van der Waals surface area (Å²) in [6, 6.07) is 18.9. The fraction of sp³-hybridized carbons (Fsp3) is 0.167. The highest BCUT2D eigenvalue weighted by molar-refractivity contribution is 7.10. The van der Waals surface area contributed by atoms with Crippen LogP contribution in [0.15, 0.2) is 71.7 Å². The van der Waals surface area contributed by atoms with Crippen molar-refractivity contribution in [1.29, 1.82) is 0 Å². The van der Waals surface area contributed by atoms with E-state index in [9.17, 15) is 9.59 Å². The second-order valence-corrected chi connectivity index (χ2v) is 7.98. The number of rotatable bonds is 6. The van der Waals surface area contributed by atoms with Crippen LogP contribution in [0, 0.1) is 13.8 Å². The summed E-state index contributed by atoms with van der Waals surface area (Å²) >= 11 is 1.50. The average molecular weight is 405 g/mol. The molecule has 0 fully saturated rings. The van der Waals surface area contributed by atoms with Gasteiger partial charge in [-0.05, 0) is 56.0 Å². The standard InChI is InChI=1S/C24H24N2O2S/c1-16-9-11-19(12-10-16)18(3)25-24(28)22(15-21-8-5-13-29-21)26-23(27)20-7-4-6-17(2)14-20/h4-15,18H,1-3H3,(H,25,28)(H,26,27)/b22-15-. The minimum atomic E-state index is -0.326. The first-order valence-corrected chi connectivity index (χ1v) is 10.3. The van der Waals surface area contributed by atoms with Crippen molar-refractivity contribution in [3.63, 3.8) is 0 Å². The highest BCUT2D eigenvalue weighted by Gasteiger charge is 2.17. The molecule has 1 aromatic heterocycles. The maximum absolute atomic E-state index is 13.0. The molecule has 5 heteroatoms. The Kier molecular flexibility index (Phi) is 6.62. The smallest absolute Gasteiger partial charge is 0.268 e. The van der Waals surface area contributed by atoms with Gasteiger partial charge in [0.15, 0.2) is 0 Å². The third-order valence-corrected chi connectivity index (χ3v) is 5.35. The lowest BCUT2D eigenvalue weighted by atomic mass is 10.1. The van der Waals surface area contributed by atoms with Gasteiger partial charge >= 0.3 is 0 Å². The van der Waals surface area contributed by atoms with Crippen LogP contribution in [-0.2, 0) is 4.79 Å². The third kappa shape index (κ3) is 5.65. The lowest BCUT2D eigenvalue weighted by Gasteiger charge is -2.17. The Hall–Kier alpha value is -3.18. The number of hydrogen-bond acceptors (Lipinski definition) is 3. The van der Waals surface area contributed by atoms with Gasteiger partial charge in [0.25, 0.3) is 11.8 Å². The van der Waals surface area contributed by atoms with Gasteiger partial charge in [-0.25, -0.2) is 0 Å². The number of amides is 2. The molecule has 1 atom stereocenters. The molecule has 1 unspecified atom stereocenters. The molecule has 0 aliphatic carbocycles. The van der Waals surface area contributed by atoms with E-state index in [-0.39, 0.29) is 23.6 Å². The first kappa shape index (κ1) is 20.6. The van der Waals surface area contributed by atoms with Crippen LogP contribution in [0.25, 0.3) is 6.08 Å². The van der Waals surface area contributed by atoms with E-state index in [2.05, 4.69) is 10.6 Å². The van der Waals surface area contributed by atoms with Crippen LogP contribution in [0.2, 0.25) is 0 Å². The third-order valence-electron chi connectivity index (χ3n) is 4.53. The van der Waals surface area contributed by atoms with Gasteiger partial charge in [0, 0.05) is 10.4 Å². The maximum atomic E-state index is 13.0. The van der Waals surface area contributed by atoms with Crippen LogP contribution in [0.5, 0.6) is 0 Å². The van der Waals surface area contributed by atoms with Crippen molar-refractivity contribution in [2.24, 2.45) is 0 Å². The summed E-state index contributed by atoms with van der Waals surface area (Å²) in [7, 11) is 0. The van der Waals surface area contributed by atoms with E-state index >= 15 is 0 Å². The highest BCUT2D eigenvalue weighted by atomic mass is 32.1. The van der Waals surface area contributed by atoms with E-state index in [4.69, 9.17) is 0 Å². The minimum absolute atomic E-state index is 0.189. The van der Waals surface area contributed by atoms with Crippen molar-refractivity contribution >= 4 is 29.2 Å². The molecule has 3 aromatic rings. The molecule has 0 spiro atoms. The Labute approximate surface area is 175 Å². The van der Waals surface area contributed by atoms with Gasteiger partial charge in [-0.2, -0.15) is 0 Å². The normalized spacial score (nSPS) is 12.3. The van der Waals surface area contributed by atoms with E-state index < -0.39 is 0 Å². The Morgan fingerprint density at radius 2 is 1.72 bits per heavy atom. The number of aryl methyl sites for hydroxylation is 2. The monoisotopic (exact) mass is 404 g/mol. The van der Waals surface area contributed by atoms with Crippen LogP contribution < -0.4 is 10.6 Å². The molecule has 2 aromatic carbocycles. The molecular formula is C24H24N2O2S. The summed E-state index contributed by atoms with van der Waals surface area (Å²) in [5.74, 6) is -0.637. The van der Waals surface area contributed by atoms with Gasteiger partial charge in [0.05, 0.1) is 6.04 Å². The number of hydrogen-bond donors (Lipinski definition) is 2. The lowest BCUT2D eigenvalue weighted by molar-refractivity contribution is -0.118.